The Hall–Kier alpha value is -3.12. The molecule has 0 amide bonds. The van der Waals surface area contributed by atoms with Gasteiger partial charge in [-0.1, -0.05) is 42.5 Å². The van der Waals surface area contributed by atoms with Gasteiger partial charge < -0.3 is 4.42 Å². The van der Waals surface area contributed by atoms with Crippen LogP contribution < -0.4 is 4.31 Å². The third-order valence-electron chi connectivity index (χ3n) is 4.89. The second-order valence-corrected chi connectivity index (χ2v) is 8.36. The number of oxazole rings is 1. The van der Waals surface area contributed by atoms with Gasteiger partial charge in [0, 0.05) is 10.9 Å². The monoisotopic (exact) mass is 376 g/mol. The summed E-state index contributed by atoms with van der Waals surface area (Å²) in [6, 6.07) is 20.6. The van der Waals surface area contributed by atoms with Gasteiger partial charge in [-0.2, -0.15) is 0 Å². The molecule has 5 rings (SSSR count). The van der Waals surface area contributed by atoms with E-state index in [1.165, 1.54) is 4.31 Å². The standard InChI is InChI=1S/C21H16N2O3S/c1-14-17(22-21(26-14)16-7-3-2-4-8-16)13-23-18-11-5-9-15-10-6-12-19(20(15)18)27(23,24)25/h2-12H,13H2,1H3. The molecule has 2 heterocycles. The van der Waals surface area contributed by atoms with Crippen molar-refractivity contribution in [3.8, 4) is 11.5 Å². The Morgan fingerprint density at radius 1 is 0.963 bits per heavy atom. The minimum Gasteiger partial charge on any atom is -0.441 e. The molecule has 1 aliphatic rings. The number of rotatable bonds is 3. The molecule has 0 atom stereocenters. The zero-order chi connectivity index (χ0) is 18.6. The minimum atomic E-state index is -3.62. The normalized spacial score (nSPS) is 14.8. The highest BCUT2D eigenvalue weighted by molar-refractivity contribution is 7.93. The van der Waals surface area contributed by atoms with Gasteiger partial charge in [0.15, 0.2) is 0 Å². The van der Waals surface area contributed by atoms with Crippen molar-refractivity contribution in [3.05, 3.63) is 78.2 Å². The Bertz CT molecular complexity index is 1270. The maximum Gasteiger partial charge on any atom is 0.265 e. The zero-order valence-corrected chi connectivity index (χ0v) is 15.4. The van der Waals surface area contributed by atoms with Crippen LogP contribution in [0.5, 0.6) is 0 Å². The van der Waals surface area contributed by atoms with Gasteiger partial charge in [-0.3, -0.25) is 4.31 Å². The van der Waals surface area contributed by atoms with Gasteiger partial charge in [-0.15, -0.1) is 0 Å². The molecule has 5 nitrogen and oxygen atoms in total. The summed E-state index contributed by atoms with van der Waals surface area (Å²) < 4.78 is 33.5. The first-order valence-electron chi connectivity index (χ1n) is 8.62. The third-order valence-corrected chi connectivity index (χ3v) is 6.69. The molecule has 3 aromatic carbocycles. The van der Waals surface area contributed by atoms with Gasteiger partial charge in [-0.05, 0) is 36.6 Å². The molecule has 0 spiro atoms. The molecule has 1 aromatic heterocycles. The van der Waals surface area contributed by atoms with Crippen LogP contribution in [-0.2, 0) is 16.6 Å². The third kappa shape index (κ3) is 2.37. The van der Waals surface area contributed by atoms with Crippen molar-refractivity contribution in [2.24, 2.45) is 0 Å². The summed E-state index contributed by atoms with van der Waals surface area (Å²) in [5.41, 5.74) is 2.16. The van der Waals surface area contributed by atoms with Crippen LogP contribution in [0, 0.1) is 6.92 Å². The van der Waals surface area contributed by atoms with Crippen LogP contribution in [0.4, 0.5) is 5.69 Å². The van der Waals surface area contributed by atoms with Crippen molar-refractivity contribution in [1.29, 1.82) is 0 Å². The molecular formula is C21H16N2O3S. The largest absolute Gasteiger partial charge is 0.441 e. The molecule has 0 saturated carbocycles. The van der Waals surface area contributed by atoms with E-state index in [9.17, 15) is 8.42 Å². The minimum absolute atomic E-state index is 0.137. The molecule has 134 valence electrons. The Balaban J connectivity index is 1.60. The lowest BCUT2D eigenvalue weighted by Crippen LogP contribution is -2.27. The molecule has 0 radical (unpaired) electrons. The summed E-state index contributed by atoms with van der Waals surface area (Å²) in [6.45, 7) is 1.95. The number of anilines is 1. The Morgan fingerprint density at radius 3 is 2.48 bits per heavy atom. The van der Waals surface area contributed by atoms with E-state index < -0.39 is 10.0 Å². The molecule has 0 saturated heterocycles. The van der Waals surface area contributed by atoms with Crippen LogP contribution in [0.25, 0.3) is 22.2 Å². The van der Waals surface area contributed by atoms with Crippen LogP contribution in [-0.4, -0.2) is 13.4 Å². The van der Waals surface area contributed by atoms with E-state index in [0.29, 0.717) is 27.9 Å². The number of sulfonamides is 1. The number of aromatic nitrogens is 1. The van der Waals surface area contributed by atoms with Crippen molar-refractivity contribution in [2.45, 2.75) is 18.4 Å². The number of benzene rings is 3. The molecule has 6 heteroatoms. The highest BCUT2D eigenvalue weighted by atomic mass is 32.2. The summed E-state index contributed by atoms with van der Waals surface area (Å²) in [5.74, 6) is 1.11. The average Bonchev–Trinajstić information content (AvgIpc) is 3.15. The number of nitrogens with zero attached hydrogens (tertiary/aromatic N) is 2. The predicted molar refractivity (Wildman–Crippen MR) is 104 cm³/mol. The van der Waals surface area contributed by atoms with Crippen LogP contribution in [0.15, 0.2) is 76.0 Å². The zero-order valence-electron chi connectivity index (χ0n) is 14.6. The van der Waals surface area contributed by atoms with E-state index in [-0.39, 0.29) is 6.54 Å². The second kappa shape index (κ2) is 5.69. The first-order chi connectivity index (χ1) is 13.1. The van der Waals surface area contributed by atoms with Gasteiger partial charge in [-0.25, -0.2) is 13.4 Å². The molecular weight excluding hydrogens is 360 g/mol. The van der Waals surface area contributed by atoms with Crippen molar-refractivity contribution < 1.29 is 12.8 Å². The van der Waals surface area contributed by atoms with Gasteiger partial charge in [0.2, 0.25) is 5.89 Å². The second-order valence-electron chi connectivity index (χ2n) is 6.53. The molecule has 0 unspecified atom stereocenters. The van der Waals surface area contributed by atoms with Gasteiger partial charge in [0.05, 0.1) is 17.1 Å². The van der Waals surface area contributed by atoms with E-state index in [4.69, 9.17) is 4.42 Å². The topological polar surface area (TPSA) is 63.4 Å². The van der Waals surface area contributed by atoms with Gasteiger partial charge in [0.1, 0.15) is 11.5 Å². The van der Waals surface area contributed by atoms with E-state index in [2.05, 4.69) is 4.98 Å². The lowest BCUT2D eigenvalue weighted by Gasteiger charge is -2.17. The fourth-order valence-electron chi connectivity index (χ4n) is 3.54. The van der Waals surface area contributed by atoms with Crippen molar-refractivity contribution in [1.82, 2.24) is 4.98 Å². The molecule has 27 heavy (non-hydrogen) atoms. The summed E-state index contributed by atoms with van der Waals surface area (Å²) in [7, 11) is -3.62. The lowest BCUT2D eigenvalue weighted by molar-refractivity contribution is 0.539. The summed E-state index contributed by atoms with van der Waals surface area (Å²) in [5, 5.41) is 1.68. The SMILES string of the molecule is Cc1oc(-c2ccccc2)nc1CN1c2cccc3cccc(c23)S1(=O)=O. The predicted octanol–water partition coefficient (Wildman–Crippen LogP) is 4.51. The Labute approximate surface area is 156 Å². The Kier molecular flexibility index (Phi) is 3.39. The maximum atomic E-state index is 13.1. The van der Waals surface area contributed by atoms with E-state index >= 15 is 0 Å². The summed E-state index contributed by atoms with van der Waals surface area (Å²) in [4.78, 5) is 4.91. The van der Waals surface area contributed by atoms with Crippen molar-refractivity contribution in [2.75, 3.05) is 4.31 Å². The number of hydrogen-bond acceptors (Lipinski definition) is 4. The summed E-state index contributed by atoms with van der Waals surface area (Å²) >= 11 is 0. The first-order valence-corrected chi connectivity index (χ1v) is 10.1. The number of hydrogen-bond donors (Lipinski definition) is 0. The van der Waals surface area contributed by atoms with Gasteiger partial charge >= 0.3 is 0 Å². The smallest absolute Gasteiger partial charge is 0.265 e. The molecule has 4 aromatic rings. The highest BCUT2D eigenvalue weighted by Gasteiger charge is 2.36. The fraction of sp³-hybridized carbons (Fsp3) is 0.0952. The quantitative estimate of drug-likeness (QED) is 0.528. The molecule has 0 fully saturated rings. The Morgan fingerprint density at radius 2 is 1.70 bits per heavy atom. The van der Waals surface area contributed by atoms with E-state index in [0.717, 1.165) is 16.3 Å². The molecule has 0 aliphatic carbocycles. The average molecular weight is 376 g/mol. The number of aryl methyl sites for hydroxylation is 1. The maximum absolute atomic E-state index is 13.1. The van der Waals surface area contributed by atoms with Crippen LogP contribution in [0.3, 0.4) is 0 Å². The molecule has 1 aliphatic heterocycles. The molecule has 0 N–H and O–H groups in total. The summed E-state index contributed by atoms with van der Waals surface area (Å²) in [6.07, 6.45) is 0. The van der Waals surface area contributed by atoms with Gasteiger partial charge in [0.25, 0.3) is 10.0 Å². The lowest BCUT2D eigenvalue weighted by atomic mass is 10.1. The van der Waals surface area contributed by atoms with E-state index in [1.807, 2.05) is 61.5 Å². The molecule has 0 bridgehead atoms. The van der Waals surface area contributed by atoms with Crippen LogP contribution in [0.2, 0.25) is 0 Å². The first kappa shape index (κ1) is 16.1. The fourth-order valence-corrected chi connectivity index (χ4v) is 5.22. The van der Waals surface area contributed by atoms with E-state index in [1.54, 1.807) is 12.1 Å². The highest BCUT2D eigenvalue weighted by Crippen LogP contribution is 2.43. The van der Waals surface area contributed by atoms with Crippen LogP contribution in [0.1, 0.15) is 11.5 Å². The van der Waals surface area contributed by atoms with Crippen molar-refractivity contribution >= 4 is 26.5 Å². The van der Waals surface area contributed by atoms with Crippen LogP contribution >= 0.6 is 0 Å². The van der Waals surface area contributed by atoms with Crippen molar-refractivity contribution in [3.63, 3.8) is 0 Å².